The lowest BCUT2D eigenvalue weighted by Crippen LogP contribution is -2.40. The van der Waals surface area contributed by atoms with Crippen LogP contribution in [-0.2, 0) is 4.79 Å². The summed E-state index contributed by atoms with van der Waals surface area (Å²) in [5.41, 5.74) is 1.04. The Kier molecular flexibility index (Phi) is 7.15. The molecule has 2 amide bonds. The maximum absolute atomic E-state index is 13.0. The lowest BCUT2D eigenvalue weighted by atomic mass is 9.95. The highest BCUT2D eigenvalue weighted by Crippen LogP contribution is 2.26. The van der Waals surface area contributed by atoms with Gasteiger partial charge in [-0.2, -0.15) is 0 Å². The first-order valence-corrected chi connectivity index (χ1v) is 10.4. The molecule has 6 heteroatoms. The van der Waals surface area contributed by atoms with E-state index in [1.54, 1.807) is 56.4 Å². The molecule has 1 fully saturated rings. The van der Waals surface area contributed by atoms with E-state index in [9.17, 15) is 9.59 Å². The Morgan fingerprint density at radius 1 is 1.07 bits per heavy atom. The van der Waals surface area contributed by atoms with Gasteiger partial charge in [0.05, 0.1) is 16.3 Å². The van der Waals surface area contributed by atoms with Crippen LogP contribution in [-0.4, -0.2) is 31.0 Å². The van der Waals surface area contributed by atoms with Gasteiger partial charge in [0.2, 0.25) is 0 Å². The van der Waals surface area contributed by atoms with Gasteiger partial charge < -0.3 is 15.0 Å². The van der Waals surface area contributed by atoms with Crippen LogP contribution in [0.5, 0.6) is 5.75 Å². The largest absolute Gasteiger partial charge is 0.479 e. The Balaban J connectivity index is 1.72. The lowest BCUT2D eigenvalue weighted by Gasteiger charge is -2.26. The zero-order valence-electron chi connectivity index (χ0n) is 16.9. The molecular formula is C23H27ClN2O3. The zero-order valence-corrected chi connectivity index (χ0v) is 17.6. The molecule has 0 aliphatic heterocycles. The molecule has 1 unspecified atom stereocenters. The van der Waals surface area contributed by atoms with E-state index in [1.807, 2.05) is 6.07 Å². The molecule has 5 nitrogen and oxygen atoms in total. The van der Waals surface area contributed by atoms with Crippen molar-refractivity contribution in [3.05, 3.63) is 59.1 Å². The van der Waals surface area contributed by atoms with Crippen LogP contribution in [0.2, 0.25) is 5.02 Å². The molecule has 3 rings (SSSR count). The number of amides is 2. The molecule has 0 saturated heterocycles. The lowest BCUT2D eigenvalue weighted by molar-refractivity contribution is -0.124. The van der Waals surface area contributed by atoms with E-state index in [0.29, 0.717) is 22.0 Å². The predicted molar refractivity (Wildman–Crippen MR) is 116 cm³/mol. The second kappa shape index (κ2) is 9.79. The number of hydrogen-bond donors (Lipinski definition) is 1. The Morgan fingerprint density at radius 3 is 2.45 bits per heavy atom. The number of likely N-dealkylation sites (N-methyl/N-ethyl adjacent to an activating group) is 1. The number of rotatable bonds is 6. The standard InChI is InChI=1S/C23H27ClN2O3/c1-16(29-21-15-9-7-13-19(21)24)23(28)26(2)20-14-8-6-12-18(20)22(27)25-17-10-4-3-5-11-17/h6-9,12-17H,3-5,10-11H2,1-2H3,(H,25,27). The van der Waals surface area contributed by atoms with Gasteiger partial charge in [-0.15, -0.1) is 0 Å². The number of carbonyl (C=O) groups is 2. The second-order valence-electron chi connectivity index (χ2n) is 7.41. The van der Waals surface area contributed by atoms with Crippen LogP contribution >= 0.6 is 11.6 Å². The van der Waals surface area contributed by atoms with Gasteiger partial charge in [0.1, 0.15) is 5.75 Å². The van der Waals surface area contributed by atoms with Gasteiger partial charge in [-0.25, -0.2) is 0 Å². The Hall–Kier alpha value is -2.53. The normalized spacial score (nSPS) is 15.4. The molecule has 2 aromatic carbocycles. The third-order valence-electron chi connectivity index (χ3n) is 5.27. The zero-order chi connectivity index (χ0) is 20.8. The van der Waals surface area contributed by atoms with Crippen LogP contribution in [0.1, 0.15) is 49.4 Å². The highest BCUT2D eigenvalue weighted by atomic mass is 35.5. The summed E-state index contributed by atoms with van der Waals surface area (Å²) in [5, 5.41) is 3.57. The Morgan fingerprint density at radius 2 is 1.72 bits per heavy atom. The highest BCUT2D eigenvalue weighted by molar-refractivity contribution is 6.32. The van der Waals surface area contributed by atoms with E-state index >= 15 is 0 Å². The van der Waals surface area contributed by atoms with E-state index in [0.717, 1.165) is 25.7 Å². The molecule has 1 aliphatic carbocycles. The number of para-hydroxylation sites is 2. The summed E-state index contributed by atoms with van der Waals surface area (Å²) in [7, 11) is 1.65. The van der Waals surface area contributed by atoms with Gasteiger partial charge in [0.15, 0.2) is 6.10 Å². The van der Waals surface area contributed by atoms with Crippen LogP contribution < -0.4 is 15.0 Å². The van der Waals surface area contributed by atoms with Gasteiger partial charge >= 0.3 is 0 Å². The summed E-state index contributed by atoms with van der Waals surface area (Å²) in [5.74, 6) is 0.0430. The summed E-state index contributed by atoms with van der Waals surface area (Å²) >= 11 is 6.13. The molecule has 154 valence electrons. The van der Waals surface area contributed by atoms with Crippen LogP contribution in [0.25, 0.3) is 0 Å². The summed E-state index contributed by atoms with van der Waals surface area (Å²) in [6, 6.07) is 14.4. The SMILES string of the molecule is CC(Oc1ccccc1Cl)C(=O)N(C)c1ccccc1C(=O)NC1CCCCC1. The molecule has 0 spiro atoms. The molecule has 0 aromatic heterocycles. The van der Waals surface area contributed by atoms with Crippen molar-refractivity contribution >= 4 is 29.1 Å². The fraction of sp³-hybridized carbons (Fsp3) is 0.391. The first-order chi connectivity index (χ1) is 14.0. The Bertz CT molecular complexity index is 865. The van der Waals surface area contributed by atoms with Gasteiger partial charge in [0.25, 0.3) is 11.8 Å². The molecule has 29 heavy (non-hydrogen) atoms. The number of halogens is 1. The average Bonchev–Trinajstić information content (AvgIpc) is 2.75. The summed E-state index contributed by atoms with van der Waals surface area (Å²) in [6.45, 7) is 1.67. The van der Waals surface area contributed by atoms with E-state index in [4.69, 9.17) is 16.3 Å². The van der Waals surface area contributed by atoms with Crippen molar-refractivity contribution in [3.8, 4) is 5.75 Å². The van der Waals surface area contributed by atoms with Crippen LogP contribution in [0.4, 0.5) is 5.69 Å². The number of nitrogens with zero attached hydrogens (tertiary/aromatic N) is 1. The van der Waals surface area contributed by atoms with E-state index < -0.39 is 6.10 Å². The number of ether oxygens (including phenoxy) is 1. The summed E-state index contributed by atoms with van der Waals surface area (Å²) < 4.78 is 5.75. The number of hydrogen-bond acceptors (Lipinski definition) is 3. The van der Waals surface area contributed by atoms with Gasteiger partial charge in [-0.1, -0.05) is 55.1 Å². The number of benzene rings is 2. The minimum atomic E-state index is -0.755. The fourth-order valence-corrected chi connectivity index (χ4v) is 3.82. The number of carbonyl (C=O) groups excluding carboxylic acids is 2. The third kappa shape index (κ3) is 5.30. The van der Waals surface area contributed by atoms with Crippen molar-refractivity contribution in [1.82, 2.24) is 5.32 Å². The van der Waals surface area contributed by atoms with Gasteiger partial charge in [-0.05, 0) is 44.0 Å². The molecule has 0 heterocycles. The van der Waals surface area contributed by atoms with Crippen molar-refractivity contribution in [2.75, 3.05) is 11.9 Å². The van der Waals surface area contributed by atoms with Gasteiger partial charge in [0, 0.05) is 13.1 Å². The van der Waals surface area contributed by atoms with Crippen molar-refractivity contribution < 1.29 is 14.3 Å². The van der Waals surface area contributed by atoms with Crippen molar-refractivity contribution in [2.45, 2.75) is 51.2 Å². The van der Waals surface area contributed by atoms with Gasteiger partial charge in [-0.3, -0.25) is 9.59 Å². The first kappa shape index (κ1) is 21.2. The summed E-state index contributed by atoms with van der Waals surface area (Å²) in [4.78, 5) is 27.3. The monoisotopic (exact) mass is 414 g/mol. The molecule has 1 N–H and O–H groups in total. The summed E-state index contributed by atoms with van der Waals surface area (Å²) in [6.07, 6.45) is 4.76. The van der Waals surface area contributed by atoms with Crippen LogP contribution in [0, 0.1) is 0 Å². The molecule has 1 atom stereocenters. The molecular weight excluding hydrogens is 388 g/mol. The smallest absolute Gasteiger partial charge is 0.267 e. The topological polar surface area (TPSA) is 58.6 Å². The van der Waals surface area contributed by atoms with E-state index in [2.05, 4.69) is 5.32 Å². The van der Waals surface area contributed by atoms with Crippen molar-refractivity contribution in [2.24, 2.45) is 0 Å². The predicted octanol–water partition coefficient (Wildman–Crippen LogP) is 4.83. The maximum Gasteiger partial charge on any atom is 0.267 e. The van der Waals surface area contributed by atoms with Crippen molar-refractivity contribution in [3.63, 3.8) is 0 Å². The minimum Gasteiger partial charge on any atom is -0.479 e. The molecule has 0 bridgehead atoms. The first-order valence-electron chi connectivity index (χ1n) is 10.1. The van der Waals surface area contributed by atoms with E-state index in [-0.39, 0.29) is 17.9 Å². The quantitative estimate of drug-likeness (QED) is 0.736. The maximum atomic E-state index is 13.0. The van der Waals surface area contributed by atoms with Crippen LogP contribution in [0.3, 0.4) is 0 Å². The van der Waals surface area contributed by atoms with E-state index in [1.165, 1.54) is 11.3 Å². The second-order valence-corrected chi connectivity index (χ2v) is 7.82. The minimum absolute atomic E-state index is 0.146. The molecule has 2 aromatic rings. The fourth-order valence-electron chi connectivity index (χ4n) is 3.64. The third-order valence-corrected chi connectivity index (χ3v) is 5.58. The Labute approximate surface area is 177 Å². The average molecular weight is 415 g/mol. The van der Waals surface area contributed by atoms with Crippen LogP contribution in [0.15, 0.2) is 48.5 Å². The number of anilines is 1. The highest BCUT2D eigenvalue weighted by Gasteiger charge is 2.25. The van der Waals surface area contributed by atoms with Crippen molar-refractivity contribution in [1.29, 1.82) is 0 Å². The molecule has 1 saturated carbocycles. The molecule has 0 radical (unpaired) electrons. The number of nitrogens with one attached hydrogen (secondary N) is 1. The molecule has 1 aliphatic rings.